The summed E-state index contributed by atoms with van der Waals surface area (Å²) in [6, 6.07) is 13.7. The summed E-state index contributed by atoms with van der Waals surface area (Å²) in [5.41, 5.74) is 1.90. The molecule has 0 radical (unpaired) electrons. The molecule has 0 aromatic heterocycles. The number of aryl methyl sites for hydroxylation is 1. The number of carbonyl (C=O) groups is 1. The number of hydrogen-bond acceptors (Lipinski definition) is 1. The van der Waals surface area contributed by atoms with E-state index in [1.54, 1.807) is 12.1 Å². The number of benzene rings is 2. The fourth-order valence-electron chi connectivity index (χ4n) is 2.14. The van der Waals surface area contributed by atoms with Crippen LogP contribution in [0.2, 0.25) is 0 Å². The molecule has 2 rings (SSSR count). The molecule has 1 nitrogen and oxygen atoms in total. The van der Waals surface area contributed by atoms with Crippen LogP contribution in [0.3, 0.4) is 0 Å². The fraction of sp³-hybridized carbons (Fsp3) is 0.235. The van der Waals surface area contributed by atoms with E-state index in [9.17, 15) is 9.18 Å². The third kappa shape index (κ3) is 2.73. The van der Waals surface area contributed by atoms with Crippen LogP contribution in [0.25, 0.3) is 0 Å². The lowest BCUT2D eigenvalue weighted by Crippen LogP contribution is -2.29. The van der Waals surface area contributed by atoms with Crippen molar-refractivity contribution in [1.29, 1.82) is 0 Å². The van der Waals surface area contributed by atoms with Gasteiger partial charge in [-0.25, -0.2) is 4.39 Å². The van der Waals surface area contributed by atoms with Gasteiger partial charge in [0.25, 0.3) is 0 Å². The van der Waals surface area contributed by atoms with E-state index in [0.717, 1.165) is 11.1 Å². The molecule has 0 spiro atoms. The second kappa shape index (κ2) is 4.96. The second-order valence-electron chi connectivity index (χ2n) is 5.33. The molecule has 0 aliphatic carbocycles. The van der Waals surface area contributed by atoms with Gasteiger partial charge in [-0.15, -0.1) is 0 Å². The Labute approximate surface area is 113 Å². The van der Waals surface area contributed by atoms with Crippen LogP contribution in [0.15, 0.2) is 48.5 Å². The molecular weight excluding hydrogens is 239 g/mol. The average Bonchev–Trinajstić information content (AvgIpc) is 2.38. The van der Waals surface area contributed by atoms with Gasteiger partial charge < -0.3 is 0 Å². The van der Waals surface area contributed by atoms with Crippen molar-refractivity contribution in [2.24, 2.45) is 0 Å². The summed E-state index contributed by atoms with van der Waals surface area (Å²) in [6.07, 6.45) is 0. The van der Waals surface area contributed by atoms with Crippen molar-refractivity contribution >= 4 is 5.78 Å². The van der Waals surface area contributed by atoms with Crippen LogP contribution >= 0.6 is 0 Å². The highest BCUT2D eigenvalue weighted by molar-refractivity contribution is 6.03. The maximum atomic E-state index is 13.0. The van der Waals surface area contributed by atoms with Gasteiger partial charge in [0.05, 0.1) is 5.41 Å². The Hall–Kier alpha value is -1.96. The van der Waals surface area contributed by atoms with Crippen molar-refractivity contribution in [3.05, 3.63) is 71.0 Å². The van der Waals surface area contributed by atoms with Gasteiger partial charge in [0.15, 0.2) is 5.78 Å². The molecule has 98 valence electrons. The average molecular weight is 256 g/mol. The highest BCUT2D eigenvalue weighted by Crippen LogP contribution is 2.28. The summed E-state index contributed by atoms with van der Waals surface area (Å²) >= 11 is 0. The Morgan fingerprint density at radius 3 is 2.26 bits per heavy atom. The summed E-state index contributed by atoms with van der Waals surface area (Å²) in [6.45, 7) is 5.69. The number of rotatable bonds is 3. The minimum absolute atomic E-state index is 0.0443. The Bertz CT molecular complexity index is 597. The van der Waals surface area contributed by atoms with E-state index in [0.29, 0.717) is 5.56 Å². The van der Waals surface area contributed by atoms with Crippen molar-refractivity contribution in [3.63, 3.8) is 0 Å². The van der Waals surface area contributed by atoms with Gasteiger partial charge in [-0.1, -0.05) is 35.9 Å². The zero-order valence-corrected chi connectivity index (χ0v) is 11.4. The van der Waals surface area contributed by atoms with Crippen molar-refractivity contribution in [3.8, 4) is 0 Å². The quantitative estimate of drug-likeness (QED) is 0.748. The van der Waals surface area contributed by atoms with Crippen LogP contribution in [0.5, 0.6) is 0 Å². The number of carbonyl (C=O) groups excluding carboxylic acids is 1. The van der Waals surface area contributed by atoms with E-state index in [1.807, 2.05) is 45.0 Å². The van der Waals surface area contributed by atoms with Crippen LogP contribution in [0.1, 0.15) is 35.3 Å². The fourth-order valence-corrected chi connectivity index (χ4v) is 2.14. The van der Waals surface area contributed by atoms with E-state index in [4.69, 9.17) is 0 Å². The third-order valence-corrected chi connectivity index (χ3v) is 3.41. The van der Waals surface area contributed by atoms with Crippen LogP contribution in [0.4, 0.5) is 4.39 Å². The maximum absolute atomic E-state index is 13.0. The minimum Gasteiger partial charge on any atom is -0.293 e. The predicted molar refractivity (Wildman–Crippen MR) is 74.9 cm³/mol. The van der Waals surface area contributed by atoms with Gasteiger partial charge in [-0.05, 0) is 44.5 Å². The standard InChI is InChI=1S/C17H17FO/c1-12-5-4-6-13(11-12)16(19)17(2,3)14-7-9-15(18)10-8-14/h4-11H,1-3H3. The summed E-state index contributed by atoms with van der Waals surface area (Å²) in [5.74, 6) is -0.245. The van der Waals surface area contributed by atoms with Crippen LogP contribution in [-0.2, 0) is 5.41 Å². The zero-order chi connectivity index (χ0) is 14.0. The molecule has 0 bridgehead atoms. The Morgan fingerprint density at radius 1 is 1.05 bits per heavy atom. The van der Waals surface area contributed by atoms with Crippen LogP contribution < -0.4 is 0 Å². The van der Waals surface area contributed by atoms with Gasteiger partial charge in [-0.2, -0.15) is 0 Å². The van der Waals surface area contributed by atoms with Crippen molar-refractivity contribution < 1.29 is 9.18 Å². The molecule has 2 aromatic carbocycles. The molecule has 2 aromatic rings. The van der Waals surface area contributed by atoms with E-state index in [2.05, 4.69) is 0 Å². The molecule has 0 fully saturated rings. The van der Waals surface area contributed by atoms with Crippen molar-refractivity contribution in [2.45, 2.75) is 26.2 Å². The van der Waals surface area contributed by atoms with Gasteiger partial charge in [0.2, 0.25) is 0 Å². The first-order valence-electron chi connectivity index (χ1n) is 6.29. The molecule has 0 saturated carbocycles. The molecule has 2 heteroatoms. The topological polar surface area (TPSA) is 17.1 Å². The first kappa shape index (κ1) is 13.5. The molecule has 0 aliphatic heterocycles. The summed E-state index contributed by atoms with van der Waals surface area (Å²) in [5, 5.41) is 0. The Kier molecular flexibility index (Phi) is 3.52. The number of halogens is 1. The van der Waals surface area contributed by atoms with Crippen LogP contribution in [-0.4, -0.2) is 5.78 Å². The summed E-state index contributed by atoms with van der Waals surface area (Å²) < 4.78 is 13.0. The Balaban J connectivity index is 2.38. The molecule has 0 atom stereocenters. The largest absolute Gasteiger partial charge is 0.293 e. The lowest BCUT2D eigenvalue weighted by molar-refractivity contribution is 0.0908. The molecule has 0 saturated heterocycles. The first-order valence-corrected chi connectivity index (χ1v) is 6.29. The normalized spacial score (nSPS) is 11.4. The molecular formula is C17H17FO. The smallest absolute Gasteiger partial charge is 0.172 e. The molecule has 19 heavy (non-hydrogen) atoms. The highest BCUT2D eigenvalue weighted by Gasteiger charge is 2.30. The van der Waals surface area contributed by atoms with Gasteiger partial charge in [0.1, 0.15) is 5.82 Å². The monoisotopic (exact) mass is 256 g/mol. The molecule has 0 unspecified atom stereocenters. The summed E-state index contributed by atoms with van der Waals surface area (Å²) in [4.78, 5) is 12.6. The summed E-state index contributed by atoms with van der Waals surface area (Å²) in [7, 11) is 0. The maximum Gasteiger partial charge on any atom is 0.172 e. The molecule has 0 heterocycles. The van der Waals surface area contributed by atoms with E-state index < -0.39 is 5.41 Å². The highest BCUT2D eigenvalue weighted by atomic mass is 19.1. The lowest BCUT2D eigenvalue weighted by atomic mass is 9.78. The second-order valence-corrected chi connectivity index (χ2v) is 5.33. The molecule has 0 N–H and O–H groups in total. The van der Waals surface area contributed by atoms with Crippen molar-refractivity contribution in [2.75, 3.05) is 0 Å². The number of ketones is 1. The number of Topliss-reactive ketones (excluding diaryl/α,β-unsaturated/α-hetero) is 1. The predicted octanol–water partition coefficient (Wildman–Crippen LogP) is 4.29. The van der Waals surface area contributed by atoms with Crippen LogP contribution in [0, 0.1) is 12.7 Å². The Morgan fingerprint density at radius 2 is 1.68 bits per heavy atom. The van der Waals surface area contributed by atoms with E-state index in [-0.39, 0.29) is 11.6 Å². The third-order valence-electron chi connectivity index (χ3n) is 3.41. The van der Waals surface area contributed by atoms with E-state index >= 15 is 0 Å². The zero-order valence-electron chi connectivity index (χ0n) is 11.4. The molecule has 0 amide bonds. The number of hydrogen-bond donors (Lipinski definition) is 0. The van der Waals surface area contributed by atoms with Gasteiger partial charge in [-0.3, -0.25) is 4.79 Å². The SMILES string of the molecule is Cc1cccc(C(=O)C(C)(C)c2ccc(F)cc2)c1. The van der Waals surface area contributed by atoms with Gasteiger partial charge in [0, 0.05) is 5.56 Å². The van der Waals surface area contributed by atoms with Gasteiger partial charge >= 0.3 is 0 Å². The van der Waals surface area contributed by atoms with Crippen molar-refractivity contribution in [1.82, 2.24) is 0 Å². The first-order chi connectivity index (χ1) is 8.91. The minimum atomic E-state index is -0.665. The lowest BCUT2D eigenvalue weighted by Gasteiger charge is -2.24. The molecule has 0 aliphatic rings. The van der Waals surface area contributed by atoms with E-state index in [1.165, 1.54) is 12.1 Å².